The molecule has 0 spiro atoms. The molecule has 4 nitrogen and oxygen atoms in total. The minimum atomic E-state index is -0.265. The highest BCUT2D eigenvalue weighted by molar-refractivity contribution is 5.84. The molecular formula is C15H22FN3O. The third-order valence-corrected chi connectivity index (χ3v) is 3.60. The van der Waals surface area contributed by atoms with E-state index in [9.17, 15) is 9.18 Å². The standard InChI is InChI=1S/C15H22FN3O/c1-10(9-18(3)4)19-14(17-11(2)15(19)20)12-5-7-13(16)8-6-12/h5-8,10-11,14,17H,9H2,1-4H3. The minimum Gasteiger partial charge on any atom is -0.318 e. The fourth-order valence-corrected chi connectivity index (χ4v) is 2.73. The van der Waals surface area contributed by atoms with Crippen LogP contribution in [0.15, 0.2) is 24.3 Å². The fourth-order valence-electron chi connectivity index (χ4n) is 2.73. The summed E-state index contributed by atoms with van der Waals surface area (Å²) in [5, 5.41) is 3.28. The largest absolute Gasteiger partial charge is 0.318 e. The van der Waals surface area contributed by atoms with E-state index < -0.39 is 0 Å². The van der Waals surface area contributed by atoms with E-state index in [1.165, 1.54) is 12.1 Å². The van der Waals surface area contributed by atoms with E-state index in [-0.39, 0.29) is 30.0 Å². The number of halogens is 1. The van der Waals surface area contributed by atoms with Gasteiger partial charge in [-0.05, 0) is 45.6 Å². The summed E-state index contributed by atoms with van der Waals surface area (Å²) in [6, 6.07) is 6.19. The van der Waals surface area contributed by atoms with Gasteiger partial charge in [0.1, 0.15) is 12.0 Å². The summed E-state index contributed by atoms with van der Waals surface area (Å²) in [7, 11) is 3.97. The molecule has 1 heterocycles. The van der Waals surface area contributed by atoms with E-state index in [2.05, 4.69) is 10.2 Å². The Hall–Kier alpha value is -1.46. The van der Waals surface area contributed by atoms with Crippen LogP contribution in [-0.2, 0) is 4.79 Å². The molecule has 5 heteroatoms. The van der Waals surface area contributed by atoms with Crippen LogP contribution in [0, 0.1) is 5.82 Å². The predicted octanol–water partition coefficient (Wildman–Crippen LogP) is 1.59. The second-order valence-electron chi connectivity index (χ2n) is 5.70. The van der Waals surface area contributed by atoms with Gasteiger partial charge >= 0.3 is 0 Å². The summed E-state index contributed by atoms with van der Waals surface area (Å²) in [6.45, 7) is 4.69. The first-order chi connectivity index (χ1) is 9.40. The van der Waals surface area contributed by atoms with E-state index in [1.807, 2.05) is 32.8 Å². The molecule has 1 aliphatic rings. The first kappa shape index (κ1) is 14.9. The van der Waals surface area contributed by atoms with Crippen LogP contribution in [-0.4, -0.2) is 48.4 Å². The lowest BCUT2D eigenvalue weighted by atomic mass is 10.1. The topological polar surface area (TPSA) is 35.6 Å². The highest BCUT2D eigenvalue weighted by Gasteiger charge is 2.39. The average Bonchev–Trinajstić information content (AvgIpc) is 2.66. The van der Waals surface area contributed by atoms with Gasteiger partial charge in [0.15, 0.2) is 0 Å². The summed E-state index contributed by atoms with van der Waals surface area (Å²) >= 11 is 0. The molecule has 0 aromatic heterocycles. The number of rotatable bonds is 4. The zero-order valence-corrected chi connectivity index (χ0v) is 12.4. The molecule has 0 aliphatic carbocycles. The molecule has 3 atom stereocenters. The van der Waals surface area contributed by atoms with Crippen molar-refractivity contribution in [3.63, 3.8) is 0 Å². The highest BCUT2D eigenvalue weighted by Crippen LogP contribution is 2.27. The van der Waals surface area contributed by atoms with Gasteiger partial charge in [-0.25, -0.2) is 4.39 Å². The fraction of sp³-hybridized carbons (Fsp3) is 0.533. The molecule has 0 bridgehead atoms. The number of carbonyl (C=O) groups is 1. The summed E-state index contributed by atoms with van der Waals surface area (Å²) in [6.07, 6.45) is -0.187. The Morgan fingerprint density at radius 1 is 1.35 bits per heavy atom. The lowest BCUT2D eigenvalue weighted by Crippen LogP contribution is -2.43. The number of carbonyl (C=O) groups excluding carboxylic acids is 1. The Balaban J connectivity index is 2.25. The van der Waals surface area contributed by atoms with Crippen LogP contribution in [0.5, 0.6) is 0 Å². The van der Waals surface area contributed by atoms with Gasteiger partial charge in [0.25, 0.3) is 0 Å². The number of likely N-dealkylation sites (N-methyl/N-ethyl adjacent to an activating group) is 1. The van der Waals surface area contributed by atoms with Crippen LogP contribution in [0.3, 0.4) is 0 Å². The van der Waals surface area contributed by atoms with Gasteiger partial charge in [-0.2, -0.15) is 0 Å². The van der Waals surface area contributed by atoms with Crippen LogP contribution in [0.2, 0.25) is 0 Å². The Bertz CT molecular complexity index is 475. The van der Waals surface area contributed by atoms with E-state index in [0.717, 1.165) is 12.1 Å². The monoisotopic (exact) mass is 279 g/mol. The average molecular weight is 279 g/mol. The Morgan fingerprint density at radius 3 is 2.50 bits per heavy atom. The van der Waals surface area contributed by atoms with Gasteiger partial charge in [-0.15, -0.1) is 0 Å². The summed E-state index contributed by atoms with van der Waals surface area (Å²) < 4.78 is 13.0. The number of hydrogen-bond donors (Lipinski definition) is 1. The van der Waals surface area contributed by atoms with Crippen molar-refractivity contribution >= 4 is 5.91 Å². The van der Waals surface area contributed by atoms with Gasteiger partial charge < -0.3 is 9.80 Å². The maximum atomic E-state index is 13.0. The van der Waals surface area contributed by atoms with Crippen molar-refractivity contribution in [2.75, 3.05) is 20.6 Å². The number of benzene rings is 1. The van der Waals surface area contributed by atoms with Crippen molar-refractivity contribution in [2.24, 2.45) is 0 Å². The molecule has 110 valence electrons. The molecule has 2 rings (SSSR count). The van der Waals surface area contributed by atoms with Crippen molar-refractivity contribution < 1.29 is 9.18 Å². The highest BCUT2D eigenvalue weighted by atomic mass is 19.1. The van der Waals surface area contributed by atoms with Crippen LogP contribution < -0.4 is 5.32 Å². The third-order valence-electron chi connectivity index (χ3n) is 3.60. The van der Waals surface area contributed by atoms with Gasteiger partial charge in [0, 0.05) is 12.6 Å². The van der Waals surface area contributed by atoms with Crippen molar-refractivity contribution in [2.45, 2.75) is 32.1 Å². The lowest BCUT2D eigenvalue weighted by molar-refractivity contribution is -0.132. The van der Waals surface area contributed by atoms with E-state index in [1.54, 1.807) is 12.1 Å². The Labute approximate surface area is 119 Å². The van der Waals surface area contributed by atoms with Crippen molar-refractivity contribution in [1.82, 2.24) is 15.1 Å². The molecule has 1 fully saturated rings. The first-order valence-corrected chi connectivity index (χ1v) is 6.88. The summed E-state index contributed by atoms with van der Waals surface area (Å²) in [4.78, 5) is 16.3. The normalized spacial score (nSPS) is 24.5. The molecule has 1 N–H and O–H groups in total. The number of hydrogen-bond acceptors (Lipinski definition) is 3. The lowest BCUT2D eigenvalue weighted by Gasteiger charge is -2.32. The van der Waals surface area contributed by atoms with Gasteiger partial charge in [0.05, 0.1) is 6.04 Å². The van der Waals surface area contributed by atoms with E-state index >= 15 is 0 Å². The molecule has 1 amide bonds. The zero-order chi connectivity index (χ0) is 14.9. The maximum Gasteiger partial charge on any atom is 0.241 e. The molecule has 1 saturated heterocycles. The van der Waals surface area contributed by atoms with E-state index in [0.29, 0.717) is 0 Å². The molecule has 3 unspecified atom stereocenters. The molecule has 1 aromatic rings. The third kappa shape index (κ3) is 2.99. The van der Waals surface area contributed by atoms with Crippen LogP contribution in [0.1, 0.15) is 25.6 Å². The van der Waals surface area contributed by atoms with Crippen molar-refractivity contribution in [3.05, 3.63) is 35.6 Å². The molecule has 0 radical (unpaired) electrons. The Kier molecular flexibility index (Phi) is 4.40. The smallest absolute Gasteiger partial charge is 0.241 e. The van der Waals surface area contributed by atoms with Gasteiger partial charge in [-0.1, -0.05) is 12.1 Å². The number of nitrogens with zero attached hydrogens (tertiary/aromatic N) is 2. The van der Waals surface area contributed by atoms with Crippen LogP contribution in [0.25, 0.3) is 0 Å². The SMILES string of the molecule is CC1NC(c2ccc(F)cc2)N(C(C)CN(C)C)C1=O. The first-order valence-electron chi connectivity index (χ1n) is 6.88. The molecule has 1 aromatic carbocycles. The summed E-state index contributed by atoms with van der Waals surface area (Å²) in [5.74, 6) is -0.173. The number of amides is 1. The zero-order valence-electron chi connectivity index (χ0n) is 12.4. The predicted molar refractivity (Wildman–Crippen MR) is 76.6 cm³/mol. The molecular weight excluding hydrogens is 257 g/mol. The molecule has 1 aliphatic heterocycles. The minimum absolute atomic E-state index is 0.0880. The van der Waals surface area contributed by atoms with Crippen LogP contribution >= 0.6 is 0 Å². The van der Waals surface area contributed by atoms with Gasteiger partial charge in [-0.3, -0.25) is 10.1 Å². The van der Waals surface area contributed by atoms with Gasteiger partial charge in [0.2, 0.25) is 5.91 Å². The second kappa shape index (κ2) is 5.89. The number of nitrogens with one attached hydrogen (secondary N) is 1. The van der Waals surface area contributed by atoms with Crippen molar-refractivity contribution in [3.8, 4) is 0 Å². The molecule has 20 heavy (non-hydrogen) atoms. The second-order valence-corrected chi connectivity index (χ2v) is 5.70. The van der Waals surface area contributed by atoms with Crippen LogP contribution in [0.4, 0.5) is 4.39 Å². The summed E-state index contributed by atoms with van der Waals surface area (Å²) in [5.41, 5.74) is 0.912. The van der Waals surface area contributed by atoms with E-state index in [4.69, 9.17) is 0 Å². The van der Waals surface area contributed by atoms with Crippen molar-refractivity contribution in [1.29, 1.82) is 0 Å². The quantitative estimate of drug-likeness (QED) is 0.909. The molecule has 0 saturated carbocycles. The Morgan fingerprint density at radius 2 is 1.95 bits per heavy atom. The maximum absolute atomic E-state index is 13.0.